The third-order valence-corrected chi connectivity index (χ3v) is 4.69. The van der Waals surface area contributed by atoms with Gasteiger partial charge in [0.1, 0.15) is 5.82 Å². The SMILES string of the molecule is CC(NC(=NCc1ccn(-c2ccc(F)cc2)n1)NCC(=O)N(C)C)c1ccccc1.I. The smallest absolute Gasteiger partial charge is 0.241 e. The Bertz CT molecular complexity index is 1020. The molecule has 1 atom stereocenters. The molecule has 0 aliphatic heterocycles. The fourth-order valence-corrected chi connectivity index (χ4v) is 2.84. The van der Waals surface area contributed by atoms with Gasteiger partial charge in [-0.2, -0.15) is 5.10 Å². The van der Waals surface area contributed by atoms with Crippen molar-refractivity contribution < 1.29 is 9.18 Å². The van der Waals surface area contributed by atoms with Crippen LogP contribution in [0.15, 0.2) is 71.9 Å². The largest absolute Gasteiger partial charge is 0.350 e. The van der Waals surface area contributed by atoms with E-state index in [1.807, 2.05) is 43.3 Å². The number of likely N-dealkylation sites (N-methyl/N-ethyl adjacent to an activating group) is 1. The maximum absolute atomic E-state index is 13.1. The van der Waals surface area contributed by atoms with Crippen LogP contribution in [-0.4, -0.2) is 47.2 Å². The fourth-order valence-electron chi connectivity index (χ4n) is 2.84. The van der Waals surface area contributed by atoms with Crippen molar-refractivity contribution in [2.75, 3.05) is 20.6 Å². The number of amides is 1. The standard InChI is InChI=1S/C23H27FN6O.HI/c1-17(18-7-5-4-6-8-18)27-23(26-16-22(31)29(2)3)25-15-20-13-14-30(28-20)21-11-9-19(24)10-12-21;/h4-14,17H,15-16H2,1-3H3,(H2,25,26,27);1H. The van der Waals surface area contributed by atoms with Crippen molar-refractivity contribution in [3.05, 3.63) is 83.9 Å². The third kappa shape index (κ3) is 7.33. The van der Waals surface area contributed by atoms with Crippen LogP contribution in [0, 0.1) is 5.82 Å². The summed E-state index contributed by atoms with van der Waals surface area (Å²) in [5.74, 6) is 0.174. The highest BCUT2D eigenvalue weighted by molar-refractivity contribution is 14.0. The minimum Gasteiger partial charge on any atom is -0.350 e. The van der Waals surface area contributed by atoms with Crippen molar-refractivity contribution in [2.45, 2.75) is 19.5 Å². The number of aliphatic imine (C=N–C) groups is 1. The van der Waals surface area contributed by atoms with Gasteiger partial charge >= 0.3 is 0 Å². The van der Waals surface area contributed by atoms with Gasteiger partial charge in [-0.25, -0.2) is 14.1 Å². The van der Waals surface area contributed by atoms with E-state index >= 15 is 0 Å². The Morgan fingerprint density at radius 3 is 2.47 bits per heavy atom. The highest BCUT2D eigenvalue weighted by Crippen LogP contribution is 2.12. The third-order valence-electron chi connectivity index (χ3n) is 4.69. The van der Waals surface area contributed by atoms with Gasteiger partial charge in [0.25, 0.3) is 0 Å². The molecule has 0 aliphatic rings. The van der Waals surface area contributed by atoms with Crippen LogP contribution in [-0.2, 0) is 11.3 Å². The number of hydrogen-bond acceptors (Lipinski definition) is 3. The zero-order valence-corrected chi connectivity index (χ0v) is 20.7. The lowest BCUT2D eigenvalue weighted by molar-refractivity contribution is -0.127. The average molecular weight is 550 g/mol. The van der Waals surface area contributed by atoms with E-state index in [-0.39, 0.29) is 48.3 Å². The molecule has 3 aromatic rings. The number of carbonyl (C=O) groups is 1. The first kappa shape index (κ1) is 25.3. The lowest BCUT2D eigenvalue weighted by atomic mass is 10.1. The van der Waals surface area contributed by atoms with Crippen molar-refractivity contribution in [1.29, 1.82) is 0 Å². The van der Waals surface area contributed by atoms with E-state index in [2.05, 4.69) is 20.7 Å². The average Bonchev–Trinajstić information content (AvgIpc) is 3.25. The molecule has 0 saturated heterocycles. The molecule has 0 bridgehead atoms. The zero-order valence-electron chi connectivity index (χ0n) is 18.3. The number of carbonyl (C=O) groups excluding carboxylic acids is 1. The molecule has 0 fully saturated rings. The number of nitrogens with one attached hydrogen (secondary N) is 2. The lowest BCUT2D eigenvalue weighted by Gasteiger charge is -2.19. The molecule has 0 aliphatic carbocycles. The van der Waals surface area contributed by atoms with Crippen LogP contribution >= 0.6 is 24.0 Å². The summed E-state index contributed by atoms with van der Waals surface area (Å²) in [5.41, 5.74) is 2.62. The molecular weight excluding hydrogens is 522 g/mol. The van der Waals surface area contributed by atoms with Crippen molar-refractivity contribution in [3.63, 3.8) is 0 Å². The second-order valence-corrected chi connectivity index (χ2v) is 7.31. The van der Waals surface area contributed by atoms with Crippen LogP contribution in [0.2, 0.25) is 0 Å². The molecule has 0 spiro atoms. The Labute approximate surface area is 204 Å². The number of halogens is 2. The Balaban J connectivity index is 0.00000363. The number of hydrogen-bond donors (Lipinski definition) is 2. The summed E-state index contributed by atoms with van der Waals surface area (Å²) < 4.78 is 14.8. The Morgan fingerprint density at radius 2 is 1.81 bits per heavy atom. The van der Waals surface area contributed by atoms with Crippen LogP contribution in [0.5, 0.6) is 0 Å². The van der Waals surface area contributed by atoms with Crippen LogP contribution in [0.3, 0.4) is 0 Å². The number of benzene rings is 2. The number of rotatable bonds is 7. The molecule has 3 rings (SSSR count). The molecule has 1 heterocycles. The minimum absolute atomic E-state index is 0. The van der Waals surface area contributed by atoms with Gasteiger partial charge in [0.15, 0.2) is 5.96 Å². The van der Waals surface area contributed by atoms with Gasteiger partial charge in [0.05, 0.1) is 30.5 Å². The molecule has 1 unspecified atom stereocenters. The number of aromatic nitrogens is 2. The maximum atomic E-state index is 13.1. The molecule has 1 amide bonds. The van der Waals surface area contributed by atoms with Crippen molar-refractivity contribution in [1.82, 2.24) is 25.3 Å². The number of nitrogens with zero attached hydrogens (tertiary/aromatic N) is 4. The van der Waals surface area contributed by atoms with E-state index < -0.39 is 0 Å². The van der Waals surface area contributed by atoms with E-state index in [0.29, 0.717) is 12.5 Å². The summed E-state index contributed by atoms with van der Waals surface area (Å²) in [7, 11) is 3.42. The highest BCUT2D eigenvalue weighted by atomic mass is 127. The first-order valence-electron chi connectivity index (χ1n) is 10.0. The van der Waals surface area contributed by atoms with Gasteiger partial charge in [-0.1, -0.05) is 30.3 Å². The molecule has 2 aromatic carbocycles. The van der Waals surface area contributed by atoms with Gasteiger partial charge in [0, 0.05) is 20.3 Å². The van der Waals surface area contributed by atoms with Gasteiger partial charge in [-0.05, 0) is 42.8 Å². The first-order valence-corrected chi connectivity index (χ1v) is 10.0. The molecule has 170 valence electrons. The van der Waals surface area contributed by atoms with Crippen molar-refractivity contribution in [2.24, 2.45) is 4.99 Å². The normalized spacial score (nSPS) is 11.9. The van der Waals surface area contributed by atoms with Gasteiger partial charge in [-0.3, -0.25) is 4.79 Å². The summed E-state index contributed by atoms with van der Waals surface area (Å²) in [4.78, 5) is 18.1. The topological polar surface area (TPSA) is 74.5 Å². The quantitative estimate of drug-likeness (QED) is 0.268. The van der Waals surface area contributed by atoms with Gasteiger partial charge in [-0.15, -0.1) is 24.0 Å². The summed E-state index contributed by atoms with van der Waals surface area (Å²) in [5, 5.41) is 10.9. The zero-order chi connectivity index (χ0) is 22.2. The van der Waals surface area contributed by atoms with Crippen molar-refractivity contribution >= 4 is 35.8 Å². The highest BCUT2D eigenvalue weighted by Gasteiger charge is 2.11. The maximum Gasteiger partial charge on any atom is 0.241 e. The molecular formula is C23H28FIN6O. The van der Waals surface area contributed by atoms with E-state index in [1.54, 1.807) is 37.1 Å². The van der Waals surface area contributed by atoms with E-state index in [1.165, 1.54) is 17.0 Å². The summed E-state index contributed by atoms with van der Waals surface area (Å²) >= 11 is 0. The summed E-state index contributed by atoms with van der Waals surface area (Å²) in [6.45, 7) is 2.48. The van der Waals surface area contributed by atoms with E-state index in [0.717, 1.165) is 16.9 Å². The predicted octanol–water partition coefficient (Wildman–Crippen LogP) is 3.51. The Hall–Kier alpha value is -2.95. The van der Waals surface area contributed by atoms with Crippen LogP contribution in [0.1, 0.15) is 24.2 Å². The van der Waals surface area contributed by atoms with Crippen LogP contribution in [0.4, 0.5) is 4.39 Å². The Kier molecular flexibility index (Phi) is 9.63. The molecule has 1 aromatic heterocycles. The molecule has 0 saturated carbocycles. The minimum atomic E-state index is -0.290. The second kappa shape index (κ2) is 12.2. The lowest BCUT2D eigenvalue weighted by Crippen LogP contribution is -2.43. The van der Waals surface area contributed by atoms with Crippen LogP contribution in [0.25, 0.3) is 5.69 Å². The monoisotopic (exact) mass is 550 g/mol. The summed E-state index contributed by atoms with van der Waals surface area (Å²) in [6, 6.07) is 18.0. The number of guanidine groups is 1. The molecule has 0 radical (unpaired) electrons. The second-order valence-electron chi connectivity index (χ2n) is 7.31. The van der Waals surface area contributed by atoms with E-state index in [4.69, 9.17) is 0 Å². The molecule has 7 nitrogen and oxygen atoms in total. The Morgan fingerprint density at radius 1 is 1.12 bits per heavy atom. The summed E-state index contributed by atoms with van der Waals surface area (Å²) in [6.07, 6.45) is 1.81. The predicted molar refractivity (Wildman–Crippen MR) is 135 cm³/mol. The fraction of sp³-hybridized carbons (Fsp3) is 0.261. The first-order chi connectivity index (χ1) is 14.9. The van der Waals surface area contributed by atoms with Crippen molar-refractivity contribution in [3.8, 4) is 5.69 Å². The molecule has 2 N–H and O–H groups in total. The van der Waals surface area contributed by atoms with E-state index in [9.17, 15) is 9.18 Å². The molecule has 9 heteroatoms. The molecule has 32 heavy (non-hydrogen) atoms. The van der Waals surface area contributed by atoms with Crippen LogP contribution < -0.4 is 10.6 Å². The van der Waals surface area contributed by atoms with Gasteiger partial charge in [0.2, 0.25) is 5.91 Å². The van der Waals surface area contributed by atoms with Gasteiger partial charge < -0.3 is 15.5 Å².